The van der Waals surface area contributed by atoms with Gasteiger partial charge in [0, 0.05) is 13.1 Å². The normalized spacial score (nSPS) is 9.92. The molecule has 0 saturated heterocycles. The summed E-state index contributed by atoms with van der Waals surface area (Å²) in [5, 5.41) is 3.71. The molecule has 1 aromatic rings. The molecule has 0 spiro atoms. The van der Waals surface area contributed by atoms with Gasteiger partial charge in [-0.25, -0.2) is 4.98 Å². The molecule has 3 N–H and O–H groups in total. The van der Waals surface area contributed by atoms with Crippen LogP contribution in [0.5, 0.6) is 0 Å². The van der Waals surface area contributed by atoms with Gasteiger partial charge < -0.3 is 11.1 Å². The minimum Gasteiger partial charge on any atom is -0.370 e. The lowest BCUT2D eigenvalue weighted by molar-refractivity contribution is 0.985. The van der Waals surface area contributed by atoms with Crippen molar-refractivity contribution in [2.75, 3.05) is 11.9 Å². The van der Waals surface area contributed by atoms with Crippen molar-refractivity contribution in [2.45, 2.75) is 13.5 Å². The predicted octanol–water partition coefficient (Wildman–Crippen LogP) is 1.63. The number of aromatic nitrogens is 1. The highest BCUT2D eigenvalue weighted by molar-refractivity contribution is 6.31. The Morgan fingerprint density at radius 1 is 1.58 bits per heavy atom. The molecule has 1 rings (SSSR count). The molecule has 0 aliphatic rings. The van der Waals surface area contributed by atoms with Crippen molar-refractivity contribution in [1.29, 1.82) is 0 Å². The van der Waals surface area contributed by atoms with E-state index in [0.29, 0.717) is 11.6 Å². The van der Waals surface area contributed by atoms with Crippen LogP contribution in [0.3, 0.4) is 0 Å². The van der Waals surface area contributed by atoms with E-state index in [1.165, 1.54) is 0 Å². The van der Waals surface area contributed by atoms with Crippen molar-refractivity contribution < 1.29 is 0 Å². The Bertz CT molecular complexity index is 262. The van der Waals surface area contributed by atoms with Crippen molar-refractivity contribution in [2.24, 2.45) is 5.73 Å². The summed E-state index contributed by atoms with van der Waals surface area (Å²) >= 11 is 5.83. The monoisotopic (exact) mass is 185 g/mol. The first kappa shape index (κ1) is 9.29. The van der Waals surface area contributed by atoms with Gasteiger partial charge in [-0.15, -0.1) is 0 Å². The first-order chi connectivity index (χ1) is 5.77. The molecule has 12 heavy (non-hydrogen) atoms. The molecule has 0 unspecified atom stereocenters. The first-order valence-corrected chi connectivity index (χ1v) is 4.25. The van der Waals surface area contributed by atoms with E-state index in [1.807, 2.05) is 13.0 Å². The zero-order valence-electron chi connectivity index (χ0n) is 6.97. The van der Waals surface area contributed by atoms with Gasteiger partial charge in [-0.3, -0.25) is 0 Å². The number of rotatable bonds is 3. The predicted molar refractivity (Wildman–Crippen MR) is 51.3 cm³/mol. The van der Waals surface area contributed by atoms with Gasteiger partial charge in [0.15, 0.2) is 0 Å². The summed E-state index contributed by atoms with van der Waals surface area (Å²) in [6.45, 7) is 3.23. The summed E-state index contributed by atoms with van der Waals surface area (Å²) in [5.41, 5.74) is 6.17. The summed E-state index contributed by atoms with van der Waals surface area (Å²) in [6, 6.07) is 3.64. The Balaban J connectivity index is 2.89. The average Bonchev–Trinajstić information content (AvgIpc) is 2.09. The zero-order valence-corrected chi connectivity index (χ0v) is 7.73. The molecular formula is C8H12ClN3. The van der Waals surface area contributed by atoms with Crippen LogP contribution in [0.4, 0.5) is 5.82 Å². The fraction of sp³-hybridized carbons (Fsp3) is 0.375. The van der Waals surface area contributed by atoms with Gasteiger partial charge in [-0.05, 0) is 19.1 Å². The lowest BCUT2D eigenvalue weighted by Gasteiger charge is -2.05. The molecule has 1 heterocycles. The molecule has 0 fully saturated rings. The molecule has 0 aliphatic heterocycles. The second-order valence-electron chi connectivity index (χ2n) is 2.36. The fourth-order valence-corrected chi connectivity index (χ4v) is 1.09. The minimum absolute atomic E-state index is 0.373. The number of pyridine rings is 1. The Hall–Kier alpha value is -0.800. The molecule has 0 aromatic carbocycles. The second kappa shape index (κ2) is 4.28. The Morgan fingerprint density at radius 3 is 2.92 bits per heavy atom. The van der Waals surface area contributed by atoms with Gasteiger partial charge in [0.2, 0.25) is 0 Å². The van der Waals surface area contributed by atoms with Crippen molar-refractivity contribution >= 4 is 17.4 Å². The summed E-state index contributed by atoms with van der Waals surface area (Å²) in [5.74, 6) is 0.822. The van der Waals surface area contributed by atoms with E-state index in [0.717, 1.165) is 18.1 Å². The van der Waals surface area contributed by atoms with Gasteiger partial charge in [-0.2, -0.15) is 0 Å². The van der Waals surface area contributed by atoms with E-state index >= 15 is 0 Å². The molecule has 0 saturated carbocycles. The Labute approximate surface area is 76.9 Å². The molecule has 0 bridgehead atoms. The van der Waals surface area contributed by atoms with Crippen molar-refractivity contribution in [3.8, 4) is 0 Å². The van der Waals surface area contributed by atoms with Crippen LogP contribution in [-0.4, -0.2) is 11.5 Å². The molecular weight excluding hydrogens is 174 g/mol. The van der Waals surface area contributed by atoms with Crippen LogP contribution in [0, 0.1) is 0 Å². The maximum Gasteiger partial charge on any atom is 0.126 e. The number of nitrogens with zero attached hydrogens (tertiary/aromatic N) is 1. The molecule has 4 heteroatoms. The van der Waals surface area contributed by atoms with Gasteiger partial charge in [0.05, 0.1) is 10.7 Å². The van der Waals surface area contributed by atoms with Crippen molar-refractivity contribution in [3.63, 3.8) is 0 Å². The van der Waals surface area contributed by atoms with E-state index in [1.54, 1.807) is 6.07 Å². The van der Waals surface area contributed by atoms with Crippen LogP contribution in [0.2, 0.25) is 5.02 Å². The minimum atomic E-state index is 0.373. The Morgan fingerprint density at radius 2 is 2.33 bits per heavy atom. The standard InChI is InChI=1S/C8H12ClN3/c1-2-11-8-4-3-6(9)7(5-10)12-8/h3-4H,2,5,10H2,1H3,(H,11,12). The average molecular weight is 186 g/mol. The smallest absolute Gasteiger partial charge is 0.126 e. The third-order valence-electron chi connectivity index (χ3n) is 1.47. The van der Waals surface area contributed by atoms with Crippen LogP contribution < -0.4 is 11.1 Å². The van der Waals surface area contributed by atoms with Crippen molar-refractivity contribution in [3.05, 3.63) is 22.8 Å². The molecule has 3 nitrogen and oxygen atoms in total. The van der Waals surface area contributed by atoms with Crippen LogP contribution in [0.25, 0.3) is 0 Å². The van der Waals surface area contributed by atoms with E-state index in [9.17, 15) is 0 Å². The molecule has 0 radical (unpaired) electrons. The SMILES string of the molecule is CCNc1ccc(Cl)c(CN)n1. The number of anilines is 1. The van der Waals surface area contributed by atoms with Crippen LogP contribution >= 0.6 is 11.6 Å². The van der Waals surface area contributed by atoms with E-state index in [2.05, 4.69) is 10.3 Å². The summed E-state index contributed by atoms with van der Waals surface area (Å²) in [4.78, 5) is 4.21. The van der Waals surface area contributed by atoms with Gasteiger partial charge >= 0.3 is 0 Å². The topological polar surface area (TPSA) is 50.9 Å². The van der Waals surface area contributed by atoms with Crippen molar-refractivity contribution in [1.82, 2.24) is 4.98 Å². The molecule has 0 amide bonds. The quantitative estimate of drug-likeness (QED) is 0.753. The van der Waals surface area contributed by atoms with E-state index in [-0.39, 0.29) is 0 Å². The Kier molecular flexibility index (Phi) is 3.31. The third-order valence-corrected chi connectivity index (χ3v) is 1.81. The van der Waals surface area contributed by atoms with Gasteiger partial charge in [-0.1, -0.05) is 11.6 Å². The molecule has 1 aromatic heterocycles. The fourth-order valence-electron chi connectivity index (χ4n) is 0.907. The van der Waals surface area contributed by atoms with E-state index < -0.39 is 0 Å². The number of nitrogens with one attached hydrogen (secondary N) is 1. The highest BCUT2D eigenvalue weighted by Gasteiger charge is 2.00. The highest BCUT2D eigenvalue weighted by Crippen LogP contribution is 2.15. The number of nitrogens with two attached hydrogens (primary N) is 1. The molecule has 66 valence electrons. The second-order valence-corrected chi connectivity index (χ2v) is 2.77. The maximum atomic E-state index is 5.83. The summed E-state index contributed by atoms with van der Waals surface area (Å²) in [7, 11) is 0. The van der Waals surface area contributed by atoms with Crippen LogP contribution in [-0.2, 0) is 6.54 Å². The zero-order chi connectivity index (χ0) is 8.97. The summed E-state index contributed by atoms with van der Waals surface area (Å²) < 4.78 is 0. The van der Waals surface area contributed by atoms with E-state index in [4.69, 9.17) is 17.3 Å². The first-order valence-electron chi connectivity index (χ1n) is 3.87. The highest BCUT2D eigenvalue weighted by atomic mass is 35.5. The van der Waals surface area contributed by atoms with Crippen LogP contribution in [0.1, 0.15) is 12.6 Å². The lowest BCUT2D eigenvalue weighted by Crippen LogP contribution is -2.05. The van der Waals surface area contributed by atoms with Gasteiger partial charge in [0.25, 0.3) is 0 Å². The molecule has 0 atom stereocenters. The third kappa shape index (κ3) is 2.09. The summed E-state index contributed by atoms with van der Waals surface area (Å²) in [6.07, 6.45) is 0. The molecule has 0 aliphatic carbocycles. The maximum absolute atomic E-state index is 5.83. The van der Waals surface area contributed by atoms with Crippen LogP contribution in [0.15, 0.2) is 12.1 Å². The lowest BCUT2D eigenvalue weighted by atomic mass is 10.3. The number of hydrogen-bond donors (Lipinski definition) is 2. The van der Waals surface area contributed by atoms with Gasteiger partial charge in [0.1, 0.15) is 5.82 Å². The number of hydrogen-bond acceptors (Lipinski definition) is 3. The number of halogens is 1. The largest absolute Gasteiger partial charge is 0.370 e.